The van der Waals surface area contributed by atoms with Gasteiger partial charge in [0.2, 0.25) is 5.91 Å². The Balaban J connectivity index is 3.52. The quantitative estimate of drug-likeness (QED) is 0.386. The summed E-state index contributed by atoms with van der Waals surface area (Å²) < 4.78 is 13.3. The van der Waals surface area contributed by atoms with Gasteiger partial charge in [0, 0.05) is 19.4 Å². The van der Waals surface area contributed by atoms with Gasteiger partial charge in [-0.05, 0) is 19.3 Å². The Labute approximate surface area is 139 Å². The molecular weight excluding hydrogens is 299 g/mol. The zero-order valence-corrected chi connectivity index (χ0v) is 14.9. The zero-order chi connectivity index (χ0) is 17.7. The van der Waals surface area contributed by atoms with Gasteiger partial charge >= 0.3 is 0 Å². The molecule has 0 bridgehead atoms. The molecule has 0 aliphatic heterocycles. The number of quaternary nitrogens is 1. The topological polar surface area (TPSA) is 69.2 Å². The van der Waals surface area contributed by atoms with Crippen LogP contribution >= 0.6 is 0 Å². The van der Waals surface area contributed by atoms with Crippen molar-refractivity contribution in [2.45, 2.75) is 64.5 Å². The molecule has 0 saturated carbocycles. The maximum absolute atomic E-state index is 13.0. The molecule has 0 saturated heterocycles. The highest BCUT2D eigenvalue weighted by atomic mass is 19.1. The Hall–Kier alpha value is -1.17. The summed E-state index contributed by atoms with van der Waals surface area (Å²) in [5.41, 5.74) is 0. The van der Waals surface area contributed by atoms with Crippen LogP contribution in [0.15, 0.2) is 0 Å². The van der Waals surface area contributed by atoms with Crippen molar-refractivity contribution in [2.75, 3.05) is 33.7 Å². The molecule has 0 aliphatic carbocycles. The first-order valence-corrected chi connectivity index (χ1v) is 8.69. The van der Waals surface area contributed by atoms with Crippen molar-refractivity contribution in [3.63, 3.8) is 0 Å². The number of aliphatic carboxylic acids is 1. The molecule has 0 aromatic carbocycles. The van der Waals surface area contributed by atoms with Crippen molar-refractivity contribution >= 4 is 11.9 Å². The molecule has 5 nitrogen and oxygen atoms in total. The Morgan fingerprint density at radius 2 is 1.78 bits per heavy atom. The van der Waals surface area contributed by atoms with Gasteiger partial charge in [0.1, 0.15) is 6.54 Å². The van der Waals surface area contributed by atoms with Crippen molar-refractivity contribution in [3.8, 4) is 0 Å². The van der Waals surface area contributed by atoms with Crippen LogP contribution in [0.25, 0.3) is 0 Å². The molecule has 0 aliphatic rings. The number of likely N-dealkylation sites (N-methyl/N-ethyl adjacent to an activating group) is 1. The minimum Gasteiger partial charge on any atom is -0.544 e. The van der Waals surface area contributed by atoms with Crippen LogP contribution in [-0.2, 0) is 9.59 Å². The lowest BCUT2D eigenvalue weighted by Gasteiger charge is -2.30. The molecule has 0 fully saturated rings. The highest BCUT2D eigenvalue weighted by Gasteiger charge is 2.14. The largest absolute Gasteiger partial charge is 0.544 e. The predicted octanol–water partition coefficient (Wildman–Crippen LogP) is 1.41. The van der Waals surface area contributed by atoms with E-state index in [0.29, 0.717) is 36.8 Å². The summed E-state index contributed by atoms with van der Waals surface area (Å²) in [4.78, 5) is 22.2. The van der Waals surface area contributed by atoms with Crippen LogP contribution in [0.2, 0.25) is 0 Å². The highest BCUT2D eigenvalue weighted by Crippen LogP contribution is 2.11. The lowest BCUT2D eigenvalue weighted by atomic mass is 10.1. The van der Waals surface area contributed by atoms with Gasteiger partial charge in [-0.25, -0.2) is 4.39 Å². The summed E-state index contributed by atoms with van der Waals surface area (Å²) in [5.74, 6) is -1.02. The monoisotopic (exact) mass is 332 g/mol. The smallest absolute Gasteiger partial charge is 0.219 e. The molecule has 0 aromatic rings. The van der Waals surface area contributed by atoms with Gasteiger partial charge in [-0.1, -0.05) is 26.2 Å². The standard InChI is InChI=1S/C17H33FN2O3/c1-4-15(18)10-7-5-6-8-11-16(21)19-12-9-13-20(2,3)14-17(22)23/h15H,4-14H2,1-3H3,(H-,19,21,22,23). The number of nitrogens with one attached hydrogen (secondary N) is 1. The summed E-state index contributed by atoms with van der Waals surface area (Å²) >= 11 is 0. The number of hydrogen-bond donors (Lipinski definition) is 1. The van der Waals surface area contributed by atoms with Gasteiger partial charge < -0.3 is 19.7 Å². The number of unbranched alkanes of at least 4 members (excludes halogenated alkanes) is 3. The average Bonchev–Trinajstić information content (AvgIpc) is 2.45. The highest BCUT2D eigenvalue weighted by molar-refractivity contribution is 5.75. The van der Waals surface area contributed by atoms with Gasteiger partial charge in [0.25, 0.3) is 0 Å². The van der Waals surface area contributed by atoms with Crippen molar-refractivity contribution in [3.05, 3.63) is 0 Å². The van der Waals surface area contributed by atoms with E-state index in [1.54, 1.807) is 0 Å². The number of nitrogens with zero attached hydrogens (tertiary/aromatic N) is 1. The van der Waals surface area contributed by atoms with Crippen LogP contribution in [0.1, 0.15) is 58.3 Å². The first-order chi connectivity index (χ1) is 10.8. The SMILES string of the molecule is CCC(F)CCCCCCC(=O)NCCC[N+](C)(C)CC(=O)[O-]. The van der Waals surface area contributed by atoms with Gasteiger partial charge in [-0.2, -0.15) is 0 Å². The van der Waals surface area contributed by atoms with Crippen LogP contribution in [0.3, 0.4) is 0 Å². The zero-order valence-electron chi connectivity index (χ0n) is 14.9. The van der Waals surface area contributed by atoms with E-state index < -0.39 is 12.1 Å². The molecule has 1 atom stereocenters. The lowest BCUT2D eigenvalue weighted by Crippen LogP contribution is -2.49. The van der Waals surface area contributed by atoms with E-state index in [1.165, 1.54) is 0 Å². The molecule has 1 unspecified atom stereocenters. The van der Waals surface area contributed by atoms with Gasteiger partial charge in [0.15, 0.2) is 0 Å². The second-order valence-electron chi connectivity index (χ2n) is 6.85. The molecule has 0 spiro atoms. The van der Waals surface area contributed by atoms with Crippen molar-refractivity contribution < 1.29 is 23.6 Å². The molecule has 0 aromatic heterocycles. The van der Waals surface area contributed by atoms with E-state index in [9.17, 15) is 19.1 Å². The molecule has 0 rings (SSSR count). The summed E-state index contributed by atoms with van der Waals surface area (Å²) in [6, 6.07) is 0. The predicted molar refractivity (Wildman–Crippen MR) is 87.4 cm³/mol. The van der Waals surface area contributed by atoms with E-state index in [2.05, 4.69) is 5.32 Å². The Kier molecular flexibility index (Phi) is 11.7. The number of carbonyl (C=O) groups excluding carboxylic acids is 2. The molecule has 0 heterocycles. The second kappa shape index (κ2) is 12.3. The fourth-order valence-corrected chi connectivity index (χ4v) is 2.46. The van der Waals surface area contributed by atoms with Crippen LogP contribution in [0.4, 0.5) is 4.39 Å². The molecule has 23 heavy (non-hydrogen) atoms. The summed E-state index contributed by atoms with van der Waals surface area (Å²) in [6.45, 7) is 3.07. The molecule has 136 valence electrons. The number of amides is 1. The number of alkyl halides is 1. The first kappa shape index (κ1) is 21.8. The normalized spacial score (nSPS) is 12.9. The maximum Gasteiger partial charge on any atom is 0.219 e. The second-order valence-corrected chi connectivity index (χ2v) is 6.85. The number of hydrogen-bond acceptors (Lipinski definition) is 3. The first-order valence-electron chi connectivity index (χ1n) is 8.69. The van der Waals surface area contributed by atoms with Gasteiger partial charge in [0.05, 0.1) is 32.8 Å². The molecular formula is C17H33FN2O3. The Morgan fingerprint density at radius 3 is 2.39 bits per heavy atom. The van der Waals surface area contributed by atoms with E-state index in [1.807, 2.05) is 21.0 Å². The third-order valence-corrected chi connectivity index (χ3v) is 3.93. The summed E-state index contributed by atoms with van der Waals surface area (Å²) in [6.07, 6.45) is 5.43. The molecule has 0 radical (unpaired) electrons. The fraction of sp³-hybridized carbons (Fsp3) is 0.882. The molecule has 1 N–H and O–H groups in total. The van der Waals surface area contributed by atoms with E-state index in [0.717, 1.165) is 32.1 Å². The number of rotatable bonds is 14. The van der Waals surface area contributed by atoms with Crippen LogP contribution in [-0.4, -0.2) is 56.3 Å². The third kappa shape index (κ3) is 14.2. The van der Waals surface area contributed by atoms with Gasteiger partial charge in [-0.15, -0.1) is 0 Å². The third-order valence-electron chi connectivity index (χ3n) is 3.93. The van der Waals surface area contributed by atoms with Crippen molar-refractivity contribution in [1.82, 2.24) is 5.32 Å². The summed E-state index contributed by atoms with van der Waals surface area (Å²) in [5, 5.41) is 13.4. The van der Waals surface area contributed by atoms with E-state index in [4.69, 9.17) is 0 Å². The maximum atomic E-state index is 13.0. The van der Waals surface area contributed by atoms with Crippen LogP contribution < -0.4 is 10.4 Å². The van der Waals surface area contributed by atoms with Crippen molar-refractivity contribution in [2.24, 2.45) is 0 Å². The molecule has 6 heteroatoms. The van der Waals surface area contributed by atoms with Gasteiger partial charge in [-0.3, -0.25) is 4.79 Å². The lowest BCUT2D eigenvalue weighted by molar-refractivity contribution is -0.884. The number of carbonyl (C=O) groups is 2. The Morgan fingerprint density at radius 1 is 1.13 bits per heavy atom. The number of halogens is 1. The fourth-order valence-electron chi connectivity index (χ4n) is 2.46. The summed E-state index contributed by atoms with van der Waals surface area (Å²) in [7, 11) is 3.66. The number of carboxylic acid groups (broad SMARTS) is 1. The minimum absolute atomic E-state index is 0.0221. The van der Waals surface area contributed by atoms with Crippen LogP contribution in [0, 0.1) is 0 Å². The van der Waals surface area contributed by atoms with E-state index >= 15 is 0 Å². The van der Waals surface area contributed by atoms with E-state index in [-0.39, 0.29) is 12.5 Å². The number of carboxylic acids is 1. The Bertz CT molecular complexity index is 349. The minimum atomic E-state index is -1.06. The van der Waals surface area contributed by atoms with Crippen molar-refractivity contribution in [1.29, 1.82) is 0 Å². The average molecular weight is 332 g/mol. The molecule has 1 amide bonds. The van der Waals surface area contributed by atoms with Crippen LogP contribution in [0.5, 0.6) is 0 Å².